The second-order valence-corrected chi connectivity index (χ2v) is 12.0. The van der Waals surface area contributed by atoms with Crippen molar-refractivity contribution in [2.24, 2.45) is 0 Å². The molecule has 0 amide bonds. The summed E-state index contributed by atoms with van der Waals surface area (Å²) in [4.78, 5) is 25.2. The number of imidazole rings is 1. The predicted octanol–water partition coefficient (Wildman–Crippen LogP) is 3.94. The third kappa shape index (κ3) is 7.58. The van der Waals surface area contributed by atoms with Crippen molar-refractivity contribution in [1.29, 1.82) is 0 Å². The summed E-state index contributed by atoms with van der Waals surface area (Å²) in [6.07, 6.45) is 3.20. The third-order valence-corrected chi connectivity index (χ3v) is 8.05. The van der Waals surface area contributed by atoms with Crippen molar-refractivity contribution in [3.63, 3.8) is 0 Å². The first kappa shape index (κ1) is 28.7. The maximum absolute atomic E-state index is 14.2. The smallest absolute Gasteiger partial charge is 0.326 e. The van der Waals surface area contributed by atoms with Crippen molar-refractivity contribution in [3.05, 3.63) is 48.0 Å². The molecule has 37 heavy (non-hydrogen) atoms. The first-order valence-electron chi connectivity index (χ1n) is 12.4. The van der Waals surface area contributed by atoms with Crippen molar-refractivity contribution in [2.45, 2.75) is 72.2 Å². The van der Waals surface area contributed by atoms with Crippen molar-refractivity contribution in [3.8, 4) is 0 Å². The zero-order chi connectivity index (χ0) is 27.2. The van der Waals surface area contributed by atoms with Crippen molar-refractivity contribution < 1.29 is 18.8 Å². The molecule has 0 aliphatic rings. The fourth-order valence-electron chi connectivity index (χ4n) is 3.81. The molecular formula is C25H38N7O4P. The van der Waals surface area contributed by atoms with Gasteiger partial charge in [-0.05, 0) is 46.6 Å². The van der Waals surface area contributed by atoms with E-state index in [2.05, 4.69) is 25.1 Å². The molecule has 0 saturated heterocycles. The highest BCUT2D eigenvalue weighted by Gasteiger charge is 2.38. The maximum Gasteiger partial charge on any atom is 0.326 e. The molecule has 202 valence electrons. The first-order valence-corrected chi connectivity index (χ1v) is 14.3. The van der Waals surface area contributed by atoms with Crippen LogP contribution >= 0.6 is 7.44 Å². The van der Waals surface area contributed by atoms with Crippen LogP contribution in [-0.2, 0) is 25.4 Å². The van der Waals surface area contributed by atoms with Crippen LogP contribution in [0.1, 0.15) is 58.2 Å². The van der Waals surface area contributed by atoms with Gasteiger partial charge in [-0.15, -0.1) is 0 Å². The summed E-state index contributed by atoms with van der Waals surface area (Å²) < 4.78 is 27.4. The van der Waals surface area contributed by atoms with Gasteiger partial charge in [0.05, 0.1) is 25.6 Å². The van der Waals surface area contributed by atoms with Crippen LogP contribution in [0.15, 0.2) is 36.9 Å². The Morgan fingerprint density at radius 2 is 1.89 bits per heavy atom. The molecule has 0 bridgehead atoms. The molecule has 0 unspecified atom stereocenters. The number of carbonyl (C=O) groups is 1. The summed E-state index contributed by atoms with van der Waals surface area (Å²) >= 11 is 0. The van der Waals surface area contributed by atoms with Gasteiger partial charge in [0.2, 0.25) is 7.44 Å². The Hall–Kier alpha value is -2.85. The summed E-state index contributed by atoms with van der Waals surface area (Å²) in [7, 11) is -3.45. The number of nitrogens with one attached hydrogen (secondary N) is 2. The average Bonchev–Trinajstić information content (AvgIpc) is 3.25. The van der Waals surface area contributed by atoms with E-state index in [4.69, 9.17) is 15.2 Å². The minimum atomic E-state index is -3.45. The number of anilines is 1. The number of fused-ring (bicyclic) bond motifs is 1. The number of aryl methyl sites for hydroxylation is 1. The van der Waals surface area contributed by atoms with Gasteiger partial charge in [0.25, 0.3) is 0 Å². The van der Waals surface area contributed by atoms with E-state index in [0.717, 1.165) is 11.1 Å². The molecule has 1 aromatic carbocycles. The lowest BCUT2D eigenvalue weighted by atomic mass is 10.1. The lowest BCUT2D eigenvalue weighted by Gasteiger charge is -2.33. The number of aromatic nitrogens is 4. The molecule has 3 rings (SSSR count). The van der Waals surface area contributed by atoms with Gasteiger partial charge in [-0.1, -0.05) is 36.8 Å². The second-order valence-electron chi connectivity index (χ2n) is 9.81. The Kier molecular flexibility index (Phi) is 9.41. The Bertz CT molecular complexity index is 1250. The fourth-order valence-corrected chi connectivity index (χ4v) is 6.25. The zero-order valence-electron chi connectivity index (χ0n) is 22.4. The molecule has 0 aliphatic carbocycles. The number of rotatable bonds is 13. The van der Waals surface area contributed by atoms with Crippen LogP contribution in [0.25, 0.3) is 11.2 Å². The number of carbonyl (C=O) groups excluding carboxylic acids is 1. The molecule has 4 N–H and O–H groups in total. The number of nitrogens with two attached hydrogens (primary N) is 1. The maximum atomic E-state index is 14.2. The molecule has 3 atom stereocenters. The SMILES string of the molecule is CCCOC(=O)C(C)(C)N[P@](=O)(CO[C@H](C)Cn1cnc2c(N)ncnc21)N[C@H](C)c1ccc(C)cc1. The van der Waals surface area contributed by atoms with E-state index >= 15 is 0 Å². The number of nitrogens with zero attached hydrogens (tertiary/aromatic N) is 4. The highest BCUT2D eigenvalue weighted by atomic mass is 31.2. The summed E-state index contributed by atoms with van der Waals surface area (Å²) in [5.74, 6) is -0.174. The van der Waals surface area contributed by atoms with Crippen LogP contribution < -0.4 is 15.9 Å². The number of hydrogen-bond acceptors (Lipinski definition) is 8. The standard InChI is InChI=1S/C25H38N7O4P/c1-7-12-35-24(33)25(5,6)31-37(34,30-19(4)20-10-8-17(2)9-11-20)16-36-18(3)13-32-15-29-21-22(26)27-14-28-23(21)32/h8-11,14-15,18-19H,7,12-13,16H2,1-6H3,(H2,26,27,28)(H2,30,31,34)/t18-,19-,37+/m1/s1. The van der Waals surface area contributed by atoms with Crippen LogP contribution in [-0.4, -0.2) is 50.1 Å². The third-order valence-electron chi connectivity index (χ3n) is 5.81. The molecule has 11 nitrogen and oxygen atoms in total. The molecule has 2 heterocycles. The summed E-state index contributed by atoms with van der Waals surface area (Å²) in [5.41, 5.74) is 7.89. The minimum Gasteiger partial charge on any atom is -0.464 e. The van der Waals surface area contributed by atoms with E-state index in [-0.39, 0.29) is 18.5 Å². The van der Waals surface area contributed by atoms with Gasteiger partial charge >= 0.3 is 5.97 Å². The van der Waals surface area contributed by atoms with Gasteiger partial charge in [-0.2, -0.15) is 0 Å². The van der Waals surface area contributed by atoms with Crippen molar-refractivity contribution in [2.75, 3.05) is 18.7 Å². The van der Waals surface area contributed by atoms with E-state index < -0.39 is 19.0 Å². The van der Waals surface area contributed by atoms with Gasteiger partial charge in [0.1, 0.15) is 23.7 Å². The average molecular weight is 532 g/mol. The Morgan fingerprint density at radius 3 is 2.57 bits per heavy atom. The predicted molar refractivity (Wildman–Crippen MR) is 144 cm³/mol. The quantitative estimate of drug-likeness (QED) is 0.219. The Morgan fingerprint density at radius 1 is 1.19 bits per heavy atom. The van der Waals surface area contributed by atoms with Gasteiger partial charge in [-0.25, -0.2) is 25.1 Å². The second kappa shape index (κ2) is 12.1. The number of hydrogen-bond donors (Lipinski definition) is 3. The summed E-state index contributed by atoms with van der Waals surface area (Å²) in [6, 6.07) is 7.71. The number of ether oxygens (including phenoxy) is 2. The molecule has 2 aromatic heterocycles. The fraction of sp³-hybridized carbons (Fsp3) is 0.520. The topological polar surface area (TPSA) is 146 Å². The monoisotopic (exact) mass is 531 g/mol. The van der Waals surface area contributed by atoms with Crippen molar-refractivity contribution in [1.82, 2.24) is 29.7 Å². The van der Waals surface area contributed by atoms with E-state index in [0.29, 0.717) is 36.6 Å². The molecule has 0 aliphatic heterocycles. The normalized spacial score (nSPS) is 15.3. The van der Waals surface area contributed by atoms with E-state index in [1.807, 2.05) is 56.5 Å². The molecule has 12 heteroatoms. The Balaban J connectivity index is 1.76. The van der Waals surface area contributed by atoms with Crippen LogP contribution in [0.2, 0.25) is 0 Å². The number of nitrogen functional groups attached to an aromatic ring is 1. The minimum absolute atomic E-state index is 0.154. The first-order chi connectivity index (χ1) is 17.4. The van der Waals surface area contributed by atoms with Crippen LogP contribution in [0.3, 0.4) is 0 Å². The molecule has 3 aromatic rings. The molecular weight excluding hydrogens is 493 g/mol. The van der Waals surface area contributed by atoms with Gasteiger partial charge in [-0.3, -0.25) is 9.36 Å². The lowest BCUT2D eigenvalue weighted by Crippen LogP contribution is -2.49. The zero-order valence-corrected chi connectivity index (χ0v) is 23.3. The number of benzene rings is 1. The van der Waals surface area contributed by atoms with Crippen LogP contribution in [0.4, 0.5) is 5.82 Å². The van der Waals surface area contributed by atoms with E-state index in [1.54, 1.807) is 20.2 Å². The summed E-state index contributed by atoms with van der Waals surface area (Å²) in [6.45, 7) is 11.7. The Labute approximate surface area is 218 Å². The van der Waals surface area contributed by atoms with Crippen LogP contribution in [0.5, 0.6) is 0 Å². The van der Waals surface area contributed by atoms with E-state index in [9.17, 15) is 9.36 Å². The highest BCUT2D eigenvalue weighted by Crippen LogP contribution is 2.42. The molecule has 0 fully saturated rings. The summed E-state index contributed by atoms with van der Waals surface area (Å²) in [5, 5.41) is 6.23. The van der Waals surface area contributed by atoms with Gasteiger partial charge in [0.15, 0.2) is 11.5 Å². The molecule has 0 spiro atoms. The van der Waals surface area contributed by atoms with E-state index in [1.165, 1.54) is 6.33 Å². The van der Waals surface area contributed by atoms with Gasteiger partial charge < -0.3 is 19.8 Å². The molecule has 0 saturated carbocycles. The highest BCUT2D eigenvalue weighted by molar-refractivity contribution is 7.59. The van der Waals surface area contributed by atoms with Gasteiger partial charge in [0, 0.05) is 6.04 Å². The van der Waals surface area contributed by atoms with Crippen LogP contribution in [0, 0.1) is 6.92 Å². The lowest BCUT2D eigenvalue weighted by molar-refractivity contribution is -0.149. The van der Waals surface area contributed by atoms with Crippen molar-refractivity contribution >= 4 is 30.4 Å². The molecule has 0 radical (unpaired) electrons. The number of esters is 1. The largest absolute Gasteiger partial charge is 0.464 e.